The second kappa shape index (κ2) is 46.5. The van der Waals surface area contributed by atoms with E-state index in [9.17, 15) is 20.1 Å². The van der Waals surface area contributed by atoms with Crippen LogP contribution in [0, 0.1) is 0 Å². The Morgan fingerprint density at radius 1 is 0.446 bits per heavy atom. The molecule has 0 aromatic rings. The van der Waals surface area contributed by atoms with Gasteiger partial charge in [-0.15, -0.1) is 0 Å². The number of carbonyl (C=O) groups is 1. The predicted octanol–water partition coefficient (Wildman–Crippen LogP) is 14.9. The highest BCUT2D eigenvalue weighted by Crippen LogP contribution is 2.17. The minimum Gasteiger partial charge on any atom is -0.394 e. The Kier molecular flexibility index (Phi) is 45.5. The first kappa shape index (κ1) is 54.8. The highest BCUT2D eigenvalue weighted by atomic mass is 16.3. The maximum atomic E-state index is 12.4. The number of unbranched alkanes of at least 4 members (excludes halogenated alkanes) is 33. The van der Waals surface area contributed by atoms with E-state index in [1.165, 1.54) is 205 Å². The molecule has 0 heterocycles. The number of allylic oxidation sites excluding steroid dienone is 4. The van der Waals surface area contributed by atoms with Gasteiger partial charge in [-0.3, -0.25) is 4.79 Å². The maximum absolute atomic E-state index is 12.4. The van der Waals surface area contributed by atoms with Crippen molar-refractivity contribution >= 4 is 5.91 Å². The van der Waals surface area contributed by atoms with Gasteiger partial charge in [0.15, 0.2) is 0 Å². The van der Waals surface area contributed by atoms with Gasteiger partial charge in [-0.25, -0.2) is 0 Å². The Morgan fingerprint density at radius 3 is 1.12 bits per heavy atom. The summed E-state index contributed by atoms with van der Waals surface area (Å²) >= 11 is 0. The van der Waals surface area contributed by atoms with E-state index < -0.39 is 18.2 Å². The SMILES string of the molecule is CCCCCCCCCCC/C=C\C/C=C\CCCCCCCCCCCCCCCCCC(O)CC(=O)NC(CO)C(O)CCCCCCCCCCCC. The molecule has 0 aromatic carbocycles. The van der Waals surface area contributed by atoms with Gasteiger partial charge in [-0.1, -0.05) is 244 Å². The molecule has 0 rings (SSSR count). The van der Waals surface area contributed by atoms with Crippen LogP contribution in [0.1, 0.15) is 271 Å². The molecule has 5 heteroatoms. The fourth-order valence-electron chi connectivity index (χ4n) is 7.91. The van der Waals surface area contributed by atoms with Crippen LogP contribution >= 0.6 is 0 Å². The molecule has 0 aliphatic heterocycles. The molecule has 0 bridgehead atoms. The number of nitrogens with one attached hydrogen (secondary N) is 1. The van der Waals surface area contributed by atoms with Crippen LogP contribution in [0.15, 0.2) is 24.3 Å². The Labute approximate surface area is 350 Å². The molecule has 4 N–H and O–H groups in total. The minimum atomic E-state index is -0.745. The van der Waals surface area contributed by atoms with Crippen molar-refractivity contribution < 1.29 is 20.1 Å². The van der Waals surface area contributed by atoms with Crippen LogP contribution in [0.4, 0.5) is 0 Å². The third kappa shape index (κ3) is 42.4. The summed E-state index contributed by atoms with van der Waals surface area (Å²) < 4.78 is 0. The molecule has 0 aromatic heterocycles. The summed E-state index contributed by atoms with van der Waals surface area (Å²) in [6, 6.07) is -0.655. The summed E-state index contributed by atoms with van der Waals surface area (Å²) in [6.07, 6.45) is 57.6. The minimum absolute atomic E-state index is 0.0385. The third-order valence-corrected chi connectivity index (χ3v) is 11.8. The molecule has 332 valence electrons. The molecule has 0 spiro atoms. The predicted molar refractivity (Wildman–Crippen MR) is 245 cm³/mol. The zero-order valence-electron chi connectivity index (χ0n) is 37.8. The lowest BCUT2D eigenvalue weighted by Gasteiger charge is -2.23. The van der Waals surface area contributed by atoms with E-state index in [1.807, 2.05) is 0 Å². The van der Waals surface area contributed by atoms with Crippen LogP contribution in [0.25, 0.3) is 0 Å². The van der Waals surface area contributed by atoms with Gasteiger partial charge in [0.1, 0.15) is 0 Å². The first-order valence-electron chi connectivity index (χ1n) is 25.1. The quantitative estimate of drug-likeness (QED) is 0.0365. The van der Waals surface area contributed by atoms with E-state index in [0.29, 0.717) is 12.8 Å². The number of aliphatic hydroxyl groups is 3. The molecular weight excluding hydrogens is 691 g/mol. The summed E-state index contributed by atoms with van der Waals surface area (Å²) in [5.41, 5.74) is 0. The Balaban J connectivity index is 3.48. The molecule has 1 amide bonds. The standard InChI is InChI=1S/C51H99NO4/c1-3-5-7-9-11-13-15-16-17-18-19-20-21-22-23-24-25-26-27-28-29-30-31-32-33-34-35-36-38-40-42-44-48(54)46-51(56)52-49(47-53)50(55)45-43-41-39-37-14-12-10-8-6-4-2/h19-20,22-23,48-50,53-55H,3-18,21,24-47H2,1-2H3,(H,52,56)/b20-19-,23-22-. The third-order valence-electron chi connectivity index (χ3n) is 11.8. The van der Waals surface area contributed by atoms with Crippen molar-refractivity contribution in [3.05, 3.63) is 24.3 Å². The fourth-order valence-corrected chi connectivity index (χ4v) is 7.91. The summed E-state index contributed by atoms with van der Waals surface area (Å²) in [5.74, 6) is -0.282. The van der Waals surface area contributed by atoms with Gasteiger partial charge >= 0.3 is 0 Å². The topological polar surface area (TPSA) is 89.8 Å². The Hall–Kier alpha value is -1.17. The highest BCUT2D eigenvalue weighted by Gasteiger charge is 2.21. The number of hydrogen-bond donors (Lipinski definition) is 4. The molecule has 0 fully saturated rings. The van der Waals surface area contributed by atoms with Gasteiger partial charge in [0.25, 0.3) is 0 Å². The molecule has 56 heavy (non-hydrogen) atoms. The maximum Gasteiger partial charge on any atom is 0.222 e. The van der Waals surface area contributed by atoms with Gasteiger partial charge < -0.3 is 20.6 Å². The average Bonchev–Trinajstić information content (AvgIpc) is 3.19. The van der Waals surface area contributed by atoms with Crippen LogP contribution in [0.2, 0.25) is 0 Å². The highest BCUT2D eigenvalue weighted by molar-refractivity contribution is 5.76. The van der Waals surface area contributed by atoms with Gasteiger partial charge in [-0.2, -0.15) is 0 Å². The molecular formula is C51H99NO4. The Bertz CT molecular complexity index is 829. The molecule has 0 aliphatic rings. The molecule has 3 atom stereocenters. The number of hydrogen-bond acceptors (Lipinski definition) is 4. The van der Waals surface area contributed by atoms with Crippen molar-refractivity contribution in [2.45, 2.75) is 289 Å². The van der Waals surface area contributed by atoms with Gasteiger partial charge in [0.05, 0.1) is 31.3 Å². The fraction of sp³-hybridized carbons (Fsp3) is 0.902. The molecule has 0 saturated carbocycles. The van der Waals surface area contributed by atoms with E-state index >= 15 is 0 Å². The zero-order chi connectivity index (χ0) is 40.8. The van der Waals surface area contributed by atoms with Gasteiger partial charge in [0.2, 0.25) is 5.91 Å². The molecule has 3 unspecified atom stereocenters. The molecule has 0 aliphatic carbocycles. The number of rotatable bonds is 46. The number of amides is 1. The van der Waals surface area contributed by atoms with Crippen LogP contribution in [-0.4, -0.2) is 46.1 Å². The smallest absolute Gasteiger partial charge is 0.222 e. The van der Waals surface area contributed by atoms with Crippen LogP contribution in [0.3, 0.4) is 0 Å². The normalized spacial score (nSPS) is 13.6. The number of aliphatic hydroxyl groups excluding tert-OH is 3. The zero-order valence-corrected chi connectivity index (χ0v) is 37.8. The summed E-state index contributed by atoms with van der Waals surface area (Å²) in [6.45, 7) is 4.26. The van der Waals surface area contributed by atoms with Crippen LogP contribution < -0.4 is 5.32 Å². The summed E-state index contributed by atoms with van der Waals surface area (Å²) in [7, 11) is 0. The first-order chi connectivity index (χ1) is 27.5. The molecule has 0 saturated heterocycles. The molecule has 0 radical (unpaired) electrons. The second-order valence-corrected chi connectivity index (χ2v) is 17.4. The second-order valence-electron chi connectivity index (χ2n) is 17.4. The van der Waals surface area contributed by atoms with Gasteiger partial charge in [-0.05, 0) is 44.9 Å². The van der Waals surface area contributed by atoms with Crippen molar-refractivity contribution in [3.8, 4) is 0 Å². The largest absolute Gasteiger partial charge is 0.394 e. The van der Waals surface area contributed by atoms with Crippen molar-refractivity contribution in [1.82, 2.24) is 5.32 Å². The lowest BCUT2D eigenvalue weighted by Crippen LogP contribution is -2.46. The summed E-state index contributed by atoms with van der Waals surface area (Å²) in [5, 5.41) is 33.3. The van der Waals surface area contributed by atoms with E-state index in [1.54, 1.807) is 0 Å². The first-order valence-corrected chi connectivity index (χ1v) is 25.1. The average molecular weight is 790 g/mol. The lowest BCUT2D eigenvalue weighted by atomic mass is 10.0. The number of carbonyl (C=O) groups excluding carboxylic acids is 1. The van der Waals surface area contributed by atoms with Crippen LogP contribution in [0.5, 0.6) is 0 Å². The van der Waals surface area contributed by atoms with Crippen molar-refractivity contribution in [1.29, 1.82) is 0 Å². The van der Waals surface area contributed by atoms with E-state index in [0.717, 1.165) is 32.1 Å². The van der Waals surface area contributed by atoms with Crippen molar-refractivity contribution in [2.24, 2.45) is 0 Å². The van der Waals surface area contributed by atoms with Crippen LogP contribution in [-0.2, 0) is 4.79 Å². The van der Waals surface area contributed by atoms with E-state index in [4.69, 9.17) is 0 Å². The van der Waals surface area contributed by atoms with E-state index in [2.05, 4.69) is 43.5 Å². The van der Waals surface area contributed by atoms with Gasteiger partial charge in [0, 0.05) is 0 Å². The summed E-state index contributed by atoms with van der Waals surface area (Å²) in [4.78, 5) is 12.4. The van der Waals surface area contributed by atoms with Crippen molar-refractivity contribution in [3.63, 3.8) is 0 Å². The Morgan fingerprint density at radius 2 is 0.768 bits per heavy atom. The monoisotopic (exact) mass is 790 g/mol. The lowest BCUT2D eigenvalue weighted by molar-refractivity contribution is -0.125. The molecule has 5 nitrogen and oxygen atoms in total. The van der Waals surface area contributed by atoms with Crippen molar-refractivity contribution in [2.75, 3.05) is 6.61 Å². The van der Waals surface area contributed by atoms with E-state index in [-0.39, 0.29) is 18.9 Å².